The number of carbonyl (C=O) groups excluding carboxylic acids is 2. The summed E-state index contributed by atoms with van der Waals surface area (Å²) < 4.78 is 43.6. The average Bonchev–Trinajstić information content (AvgIpc) is 2.75. The number of halogens is 5. The minimum atomic E-state index is -4.51. The van der Waals surface area contributed by atoms with E-state index in [1.807, 2.05) is 0 Å². The van der Waals surface area contributed by atoms with E-state index in [-0.39, 0.29) is 5.69 Å². The highest BCUT2D eigenvalue weighted by atomic mass is 35.5. The Morgan fingerprint density at radius 3 is 2.31 bits per heavy atom. The molecule has 0 saturated heterocycles. The smallest absolute Gasteiger partial charge is 0.416 e. The summed E-state index contributed by atoms with van der Waals surface area (Å²) >= 11 is 11.9. The van der Waals surface area contributed by atoms with Gasteiger partial charge in [-0.05, 0) is 60.7 Å². The first-order valence-corrected chi connectivity index (χ1v) is 9.84. The molecular weight excluding hydrogens is 468 g/mol. The predicted octanol–water partition coefficient (Wildman–Crippen LogP) is 6.28. The van der Waals surface area contributed by atoms with Crippen molar-refractivity contribution in [3.05, 3.63) is 87.9 Å². The van der Waals surface area contributed by atoms with Crippen LogP contribution >= 0.6 is 23.2 Å². The zero-order valence-electron chi connectivity index (χ0n) is 16.2. The predicted molar refractivity (Wildman–Crippen MR) is 116 cm³/mol. The Bertz CT molecular complexity index is 1140. The summed E-state index contributed by atoms with van der Waals surface area (Å²) in [6.45, 7) is -0.431. The Labute approximate surface area is 191 Å². The van der Waals surface area contributed by atoms with Gasteiger partial charge in [-0.3, -0.25) is 9.59 Å². The molecule has 10 heteroatoms. The molecule has 0 aromatic heterocycles. The van der Waals surface area contributed by atoms with Crippen LogP contribution in [0, 0.1) is 0 Å². The molecule has 2 N–H and O–H groups in total. The van der Waals surface area contributed by atoms with Gasteiger partial charge in [0.1, 0.15) is 5.75 Å². The van der Waals surface area contributed by atoms with Crippen LogP contribution in [0.15, 0.2) is 66.7 Å². The van der Waals surface area contributed by atoms with Gasteiger partial charge in [0.25, 0.3) is 11.8 Å². The molecule has 3 rings (SSSR count). The van der Waals surface area contributed by atoms with E-state index in [1.54, 1.807) is 12.1 Å². The number of hydrogen-bond acceptors (Lipinski definition) is 3. The number of nitrogens with one attached hydrogen (secondary N) is 2. The van der Waals surface area contributed by atoms with Crippen molar-refractivity contribution < 1.29 is 27.5 Å². The van der Waals surface area contributed by atoms with Crippen LogP contribution in [0.2, 0.25) is 10.0 Å². The molecule has 0 atom stereocenters. The van der Waals surface area contributed by atoms with E-state index in [0.29, 0.717) is 27.0 Å². The Kier molecular flexibility index (Phi) is 7.27. The molecule has 0 spiro atoms. The fourth-order valence-electron chi connectivity index (χ4n) is 2.61. The standard InChI is InChI=1S/C22H15Cl2F3N2O3/c23-15-6-9-18(24)19(11-15)29-21(31)13-4-7-17(8-5-13)32-12-20(30)28-16-3-1-2-14(10-16)22(25,26)27/h1-11H,12H2,(H,28,30)(H,29,31). The maximum atomic E-state index is 12.7. The van der Waals surface area contributed by atoms with Crippen molar-refractivity contribution >= 4 is 46.4 Å². The molecule has 0 fully saturated rings. The van der Waals surface area contributed by atoms with Gasteiger partial charge >= 0.3 is 6.18 Å². The number of carbonyl (C=O) groups is 2. The van der Waals surface area contributed by atoms with Crippen LogP contribution in [-0.2, 0) is 11.0 Å². The fraction of sp³-hybridized carbons (Fsp3) is 0.0909. The molecule has 2 amide bonds. The maximum Gasteiger partial charge on any atom is 0.416 e. The molecule has 0 heterocycles. The van der Waals surface area contributed by atoms with E-state index < -0.39 is 30.2 Å². The van der Waals surface area contributed by atoms with Crippen molar-refractivity contribution in [1.29, 1.82) is 0 Å². The van der Waals surface area contributed by atoms with Crippen LogP contribution in [0.3, 0.4) is 0 Å². The topological polar surface area (TPSA) is 67.4 Å². The Morgan fingerprint density at radius 1 is 0.906 bits per heavy atom. The largest absolute Gasteiger partial charge is 0.484 e. The summed E-state index contributed by atoms with van der Waals surface area (Å²) in [5, 5.41) is 5.72. The normalized spacial score (nSPS) is 11.0. The second-order valence-electron chi connectivity index (χ2n) is 6.52. The molecular formula is C22H15Cl2F3N2O3. The molecule has 0 unspecified atom stereocenters. The van der Waals surface area contributed by atoms with Gasteiger partial charge in [-0.1, -0.05) is 29.3 Å². The quantitative estimate of drug-likeness (QED) is 0.434. The van der Waals surface area contributed by atoms with Crippen LogP contribution in [0.4, 0.5) is 24.5 Å². The molecule has 3 aromatic carbocycles. The van der Waals surface area contributed by atoms with Crippen molar-refractivity contribution in [2.24, 2.45) is 0 Å². The molecule has 3 aromatic rings. The van der Waals surface area contributed by atoms with E-state index in [9.17, 15) is 22.8 Å². The summed E-state index contributed by atoms with van der Waals surface area (Å²) in [6, 6.07) is 14.9. The molecule has 0 aliphatic heterocycles. The fourth-order valence-corrected chi connectivity index (χ4v) is 2.95. The molecule has 5 nitrogen and oxygen atoms in total. The number of amides is 2. The summed E-state index contributed by atoms with van der Waals surface area (Å²) in [6.07, 6.45) is -4.51. The first-order chi connectivity index (χ1) is 15.1. The minimum absolute atomic E-state index is 0.000111. The van der Waals surface area contributed by atoms with E-state index in [0.717, 1.165) is 12.1 Å². The second kappa shape index (κ2) is 9.93. The SMILES string of the molecule is O=C(COc1ccc(C(=O)Nc2cc(Cl)ccc2Cl)cc1)Nc1cccc(C(F)(F)F)c1. The summed E-state index contributed by atoms with van der Waals surface area (Å²) in [7, 11) is 0. The van der Waals surface area contributed by atoms with Crippen molar-refractivity contribution in [3.8, 4) is 5.75 Å². The summed E-state index contributed by atoms with van der Waals surface area (Å²) in [5.74, 6) is -0.772. The molecule has 0 aliphatic carbocycles. The molecule has 166 valence electrons. The third-order valence-corrected chi connectivity index (χ3v) is 4.70. The summed E-state index contributed by atoms with van der Waals surface area (Å²) in [4.78, 5) is 24.3. The van der Waals surface area contributed by atoms with Crippen LogP contribution in [-0.4, -0.2) is 18.4 Å². The van der Waals surface area contributed by atoms with Crippen LogP contribution < -0.4 is 15.4 Å². The monoisotopic (exact) mass is 482 g/mol. The van der Waals surface area contributed by atoms with E-state index in [2.05, 4.69) is 10.6 Å². The Hall–Kier alpha value is -3.23. The number of alkyl halides is 3. The number of hydrogen-bond donors (Lipinski definition) is 2. The Balaban J connectivity index is 1.55. The van der Waals surface area contributed by atoms with E-state index in [4.69, 9.17) is 27.9 Å². The first-order valence-electron chi connectivity index (χ1n) is 9.08. The average molecular weight is 483 g/mol. The minimum Gasteiger partial charge on any atom is -0.484 e. The van der Waals surface area contributed by atoms with Gasteiger partial charge in [-0.2, -0.15) is 13.2 Å². The molecule has 32 heavy (non-hydrogen) atoms. The molecule has 0 saturated carbocycles. The highest BCUT2D eigenvalue weighted by molar-refractivity contribution is 6.35. The third-order valence-electron chi connectivity index (χ3n) is 4.14. The van der Waals surface area contributed by atoms with Gasteiger partial charge in [-0.25, -0.2) is 0 Å². The molecule has 0 bridgehead atoms. The van der Waals surface area contributed by atoms with Crippen molar-refractivity contribution in [2.75, 3.05) is 17.2 Å². The van der Waals surface area contributed by atoms with E-state index in [1.165, 1.54) is 42.5 Å². The number of anilines is 2. The molecule has 0 radical (unpaired) electrons. The summed E-state index contributed by atoms with van der Waals surface area (Å²) in [5.41, 5.74) is -0.207. The van der Waals surface area contributed by atoms with E-state index >= 15 is 0 Å². The molecule has 0 aliphatic rings. The zero-order chi connectivity index (χ0) is 23.3. The lowest BCUT2D eigenvalue weighted by atomic mass is 10.2. The van der Waals surface area contributed by atoms with Gasteiger partial charge in [0.2, 0.25) is 0 Å². The number of rotatable bonds is 6. The van der Waals surface area contributed by atoms with Gasteiger partial charge < -0.3 is 15.4 Å². The van der Waals surface area contributed by atoms with Crippen molar-refractivity contribution in [2.45, 2.75) is 6.18 Å². The van der Waals surface area contributed by atoms with Crippen molar-refractivity contribution in [3.63, 3.8) is 0 Å². The number of benzene rings is 3. The van der Waals surface area contributed by atoms with Crippen molar-refractivity contribution in [1.82, 2.24) is 0 Å². The second-order valence-corrected chi connectivity index (χ2v) is 7.36. The van der Waals surface area contributed by atoms with Gasteiger partial charge in [0.05, 0.1) is 16.3 Å². The maximum absolute atomic E-state index is 12.7. The van der Waals surface area contributed by atoms with Gasteiger partial charge in [0.15, 0.2) is 6.61 Å². The number of ether oxygens (including phenoxy) is 1. The zero-order valence-corrected chi connectivity index (χ0v) is 17.7. The highest BCUT2D eigenvalue weighted by Crippen LogP contribution is 2.30. The Morgan fingerprint density at radius 2 is 1.62 bits per heavy atom. The van der Waals surface area contributed by atoms with Crippen LogP contribution in [0.25, 0.3) is 0 Å². The lowest BCUT2D eigenvalue weighted by Gasteiger charge is -2.11. The lowest BCUT2D eigenvalue weighted by molar-refractivity contribution is -0.137. The lowest BCUT2D eigenvalue weighted by Crippen LogP contribution is -2.20. The highest BCUT2D eigenvalue weighted by Gasteiger charge is 2.30. The van der Waals surface area contributed by atoms with Crippen LogP contribution in [0.5, 0.6) is 5.75 Å². The van der Waals surface area contributed by atoms with Gasteiger partial charge in [0, 0.05) is 16.3 Å². The van der Waals surface area contributed by atoms with Crippen LogP contribution in [0.1, 0.15) is 15.9 Å². The third kappa shape index (κ3) is 6.38. The first kappa shape index (κ1) is 23.4. The van der Waals surface area contributed by atoms with Gasteiger partial charge in [-0.15, -0.1) is 0 Å².